The Hall–Kier alpha value is -0.160. The highest BCUT2D eigenvalue weighted by Gasteiger charge is 2.11. The summed E-state index contributed by atoms with van der Waals surface area (Å²) in [6.45, 7) is 12.2. The van der Waals surface area contributed by atoms with Crippen LogP contribution in [0.1, 0.15) is 19.3 Å². The fourth-order valence-electron chi connectivity index (χ4n) is 2.72. The van der Waals surface area contributed by atoms with E-state index in [0.29, 0.717) is 0 Å². The van der Waals surface area contributed by atoms with E-state index in [4.69, 9.17) is 0 Å². The van der Waals surface area contributed by atoms with Gasteiger partial charge in [-0.3, -0.25) is 0 Å². The maximum Gasteiger partial charge on any atom is 0.0110 e. The molecule has 100 valence electrons. The lowest BCUT2D eigenvalue weighted by Gasteiger charge is -2.28. The van der Waals surface area contributed by atoms with Gasteiger partial charge in [-0.1, -0.05) is 0 Å². The number of fused-ring (bicyclic) bond motifs is 3. The minimum absolute atomic E-state index is 1.16. The standard InChI is InChI=1S/C13H28N4/c1-4-14-5-2-10-17-11-7-15-6-3-9-16(8-1)12-13-17/h14-15H,1-13H2. The van der Waals surface area contributed by atoms with Crippen molar-refractivity contribution in [3.63, 3.8) is 0 Å². The zero-order chi connectivity index (χ0) is 11.8. The van der Waals surface area contributed by atoms with Gasteiger partial charge in [0.2, 0.25) is 0 Å². The van der Waals surface area contributed by atoms with Gasteiger partial charge in [0, 0.05) is 26.2 Å². The Morgan fingerprint density at radius 3 is 1.53 bits per heavy atom. The van der Waals surface area contributed by atoms with E-state index >= 15 is 0 Å². The second kappa shape index (κ2) is 8.03. The predicted molar refractivity (Wildman–Crippen MR) is 72.5 cm³/mol. The summed E-state index contributed by atoms with van der Waals surface area (Å²) in [6.07, 6.45) is 3.89. The first kappa shape index (κ1) is 13.3. The molecule has 4 heteroatoms. The van der Waals surface area contributed by atoms with Crippen LogP contribution in [0, 0.1) is 0 Å². The second-order valence-electron chi connectivity index (χ2n) is 5.24. The third-order valence-corrected chi connectivity index (χ3v) is 3.82. The molecule has 2 aliphatic rings. The molecule has 0 radical (unpaired) electrons. The molecule has 0 aliphatic carbocycles. The molecule has 2 unspecified atom stereocenters. The maximum atomic E-state index is 3.56. The van der Waals surface area contributed by atoms with Gasteiger partial charge in [-0.05, 0) is 58.5 Å². The zero-order valence-electron chi connectivity index (χ0n) is 11.1. The summed E-state index contributed by atoms with van der Waals surface area (Å²) in [5.41, 5.74) is 0. The van der Waals surface area contributed by atoms with E-state index in [1.807, 2.05) is 0 Å². The first-order chi connectivity index (χ1) is 8.45. The van der Waals surface area contributed by atoms with Crippen molar-refractivity contribution in [3.05, 3.63) is 0 Å². The van der Waals surface area contributed by atoms with Crippen molar-refractivity contribution in [1.82, 2.24) is 20.4 Å². The highest BCUT2D eigenvalue weighted by molar-refractivity contribution is 4.70. The lowest BCUT2D eigenvalue weighted by atomic mass is 10.3. The van der Waals surface area contributed by atoms with E-state index in [2.05, 4.69) is 20.4 Å². The Labute approximate surface area is 106 Å². The SMILES string of the molecule is C1CNCCCN2CCNCCCN(C1)CC2. The Balaban J connectivity index is 1.88. The van der Waals surface area contributed by atoms with E-state index in [9.17, 15) is 0 Å². The van der Waals surface area contributed by atoms with E-state index in [-0.39, 0.29) is 0 Å². The van der Waals surface area contributed by atoms with Gasteiger partial charge in [0.1, 0.15) is 0 Å². The van der Waals surface area contributed by atoms with Crippen LogP contribution in [0.15, 0.2) is 0 Å². The normalized spacial score (nSPS) is 33.9. The maximum absolute atomic E-state index is 3.56. The van der Waals surface area contributed by atoms with Gasteiger partial charge in [-0.2, -0.15) is 0 Å². The minimum Gasteiger partial charge on any atom is -0.317 e. The van der Waals surface area contributed by atoms with Crippen molar-refractivity contribution in [2.45, 2.75) is 19.3 Å². The molecule has 0 aromatic rings. The minimum atomic E-state index is 1.16. The summed E-state index contributed by atoms with van der Waals surface area (Å²) >= 11 is 0. The molecule has 2 fully saturated rings. The molecular weight excluding hydrogens is 212 g/mol. The number of hydrogen-bond acceptors (Lipinski definition) is 4. The summed E-state index contributed by atoms with van der Waals surface area (Å²) in [5, 5.41) is 7.11. The summed E-state index contributed by atoms with van der Waals surface area (Å²) in [5.74, 6) is 0. The molecule has 2 heterocycles. The Bertz CT molecular complexity index is 178. The lowest BCUT2D eigenvalue weighted by molar-refractivity contribution is 0.194. The first-order valence-corrected chi connectivity index (χ1v) is 7.31. The fourth-order valence-corrected chi connectivity index (χ4v) is 2.72. The summed E-state index contributed by atoms with van der Waals surface area (Å²) in [7, 11) is 0. The number of hydrogen-bond donors (Lipinski definition) is 2. The van der Waals surface area contributed by atoms with Crippen LogP contribution in [0.25, 0.3) is 0 Å². The molecule has 2 saturated heterocycles. The van der Waals surface area contributed by atoms with Gasteiger partial charge >= 0.3 is 0 Å². The third kappa shape index (κ3) is 5.34. The molecule has 0 amide bonds. The second-order valence-corrected chi connectivity index (χ2v) is 5.24. The molecule has 0 aromatic heterocycles. The van der Waals surface area contributed by atoms with Crippen LogP contribution in [0.5, 0.6) is 0 Å². The van der Waals surface area contributed by atoms with Gasteiger partial charge in [0.25, 0.3) is 0 Å². The molecule has 2 atom stereocenters. The topological polar surface area (TPSA) is 30.5 Å². The molecule has 2 rings (SSSR count). The molecule has 2 N–H and O–H groups in total. The molecule has 0 aromatic carbocycles. The Morgan fingerprint density at radius 1 is 0.471 bits per heavy atom. The lowest BCUT2D eigenvalue weighted by Crippen LogP contribution is -2.42. The van der Waals surface area contributed by atoms with Gasteiger partial charge in [-0.15, -0.1) is 0 Å². The van der Waals surface area contributed by atoms with Crippen LogP contribution in [-0.4, -0.2) is 75.2 Å². The van der Waals surface area contributed by atoms with Crippen LogP contribution in [0.2, 0.25) is 0 Å². The van der Waals surface area contributed by atoms with E-state index in [0.717, 1.165) is 6.54 Å². The monoisotopic (exact) mass is 240 g/mol. The predicted octanol–water partition coefficient (Wildman–Crippen LogP) is -0.0329. The summed E-state index contributed by atoms with van der Waals surface area (Å²) < 4.78 is 0. The molecule has 2 aliphatic heterocycles. The number of rotatable bonds is 0. The molecular formula is C13H28N4. The molecule has 17 heavy (non-hydrogen) atoms. The molecule has 2 bridgehead atoms. The number of nitrogens with zero attached hydrogens (tertiary/aromatic N) is 2. The van der Waals surface area contributed by atoms with E-state index in [1.165, 1.54) is 78.2 Å². The van der Waals surface area contributed by atoms with Crippen molar-refractivity contribution >= 4 is 0 Å². The first-order valence-electron chi connectivity index (χ1n) is 7.31. The van der Waals surface area contributed by atoms with Gasteiger partial charge in [-0.25, -0.2) is 0 Å². The third-order valence-electron chi connectivity index (χ3n) is 3.82. The van der Waals surface area contributed by atoms with Crippen LogP contribution in [-0.2, 0) is 0 Å². The molecule has 4 nitrogen and oxygen atoms in total. The van der Waals surface area contributed by atoms with Gasteiger partial charge in [0.05, 0.1) is 0 Å². The largest absolute Gasteiger partial charge is 0.317 e. The highest BCUT2D eigenvalue weighted by Crippen LogP contribution is 2.00. The quantitative estimate of drug-likeness (QED) is 0.622. The molecule has 0 saturated carbocycles. The van der Waals surface area contributed by atoms with Crippen molar-refractivity contribution < 1.29 is 0 Å². The van der Waals surface area contributed by atoms with Crippen molar-refractivity contribution in [2.75, 3.05) is 65.4 Å². The fraction of sp³-hybridized carbons (Fsp3) is 1.00. The smallest absolute Gasteiger partial charge is 0.0110 e. The Kier molecular flexibility index (Phi) is 6.27. The zero-order valence-corrected chi connectivity index (χ0v) is 11.1. The molecule has 0 spiro atoms. The highest BCUT2D eigenvalue weighted by atomic mass is 15.2. The van der Waals surface area contributed by atoms with Crippen LogP contribution in [0.3, 0.4) is 0 Å². The van der Waals surface area contributed by atoms with Gasteiger partial charge < -0.3 is 20.4 Å². The average Bonchev–Trinajstić information content (AvgIpc) is 2.41. The van der Waals surface area contributed by atoms with E-state index in [1.54, 1.807) is 0 Å². The summed E-state index contributed by atoms with van der Waals surface area (Å²) in [4.78, 5) is 5.27. The summed E-state index contributed by atoms with van der Waals surface area (Å²) in [6, 6.07) is 0. The van der Waals surface area contributed by atoms with Crippen LogP contribution in [0.4, 0.5) is 0 Å². The van der Waals surface area contributed by atoms with Crippen molar-refractivity contribution in [3.8, 4) is 0 Å². The van der Waals surface area contributed by atoms with E-state index < -0.39 is 0 Å². The van der Waals surface area contributed by atoms with Gasteiger partial charge in [0.15, 0.2) is 0 Å². The van der Waals surface area contributed by atoms with Crippen molar-refractivity contribution in [1.29, 1.82) is 0 Å². The van der Waals surface area contributed by atoms with Crippen LogP contribution >= 0.6 is 0 Å². The number of nitrogens with one attached hydrogen (secondary N) is 2. The van der Waals surface area contributed by atoms with Crippen LogP contribution < -0.4 is 10.6 Å². The Morgan fingerprint density at radius 2 is 0.941 bits per heavy atom. The van der Waals surface area contributed by atoms with Crippen molar-refractivity contribution in [2.24, 2.45) is 0 Å². The average molecular weight is 240 g/mol.